The van der Waals surface area contributed by atoms with Crippen LogP contribution in [0.2, 0.25) is 0 Å². The van der Waals surface area contributed by atoms with Gasteiger partial charge >= 0.3 is 0 Å². The van der Waals surface area contributed by atoms with Crippen molar-refractivity contribution in [1.29, 1.82) is 0 Å². The lowest BCUT2D eigenvalue weighted by atomic mass is 9.86. The maximum absolute atomic E-state index is 11.7. The van der Waals surface area contributed by atoms with Crippen LogP contribution in [0.4, 0.5) is 5.82 Å². The molecule has 0 unspecified atom stereocenters. The molecule has 0 saturated heterocycles. The monoisotopic (exact) mass is 367 g/mol. The summed E-state index contributed by atoms with van der Waals surface area (Å²) in [5.41, 5.74) is 0.716. The highest BCUT2D eigenvalue weighted by Gasteiger charge is 2.28. The van der Waals surface area contributed by atoms with E-state index in [4.69, 9.17) is 0 Å². The summed E-state index contributed by atoms with van der Waals surface area (Å²) in [4.78, 5) is 10.9. The molecule has 138 valence electrons. The summed E-state index contributed by atoms with van der Waals surface area (Å²) >= 11 is 0. The Morgan fingerprint density at radius 2 is 2.04 bits per heavy atom. The van der Waals surface area contributed by atoms with Crippen LogP contribution in [0.15, 0.2) is 18.6 Å². The van der Waals surface area contributed by atoms with E-state index in [2.05, 4.69) is 19.6 Å². The number of hydrogen-bond donors (Lipinski definition) is 2. The molecule has 0 aliphatic heterocycles. The summed E-state index contributed by atoms with van der Waals surface area (Å²) < 4.78 is 27.5. The minimum Gasteiger partial charge on any atom is -0.376 e. The van der Waals surface area contributed by atoms with Gasteiger partial charge in [-0.15, -0.1) is 0 Å². The maximum atomic E-state index is 11.7. The van der Waals surface area contributed by atoms with Gasteiger partial charge in [0.2, 0.25) is 10.0 Å². The summed E-state index contributed by atoms with van der Waals surface area (Å²) in [7, 11) is 0.338. The second kappa shape index (κ2) is 7.27. The van der Waals surface area contributed by atoms with E-state index in [1.807, 2.05) is 13.1 Å². The molecular weight excluding hydrogens is 342 g/mol. The Kier molecular flexibility index (Phi) is 5.26. The van der Waals surface area contributed by atoms with E-state index in [1.165, 1.54) is 13.4 Å². The van der Waals surface area contributed by atoms with Crippen molar-refractivity contribution in [2.45, 2.75) is 38.5 Å². The van der Waals surface area contributed by atoms with Crippen molar-refractivity contribution in [2.75, 3.05) is 24.7 Å². The van der Waals surface area contributed by atoms with Crippen LogP contribution in [0.25, 0.3) is 11.0 Å². The molecule has 8 nitrogen and oxygen atoms in total. The number of aromatic nitrogens is 3. The van der Waals surface area contributed by atoms with E-state index in [0.717, 1.165) is 36.9 Å². The number of aliphatic hydroxyl groups excluding tert-OH is 1. The Hall–Kier alpha value is -1.71. The molecule has 0 amide bonds. The Bertz CT molecular complexity index is 827. The second-order valence-corrected chi connectivity index (χ2v) is 8.60. The molecule has 0 aromatic carbocycles. The van der Waals surface area contributed by atoms with Crippen molar-refractivity contribution in [3.8, 4) is 0 Å². The van der Waals surface area contributed by atoms with E-state index >= 15 is 0 Å². The molecule has 2 aromatic heterocycles. The van der Waals surface area contributed by atoms with Gasteiger partial charge in [0, 0.05) is 19.3 Å². The highest BCUT2D eigenvalue weighted by atomic mass is 32.2. The fraction of sp³-hybridized carbons (Fsp3) is 0.625. The van der Waals surface area contributed by atoms with Crippen LogP contribution in [-0.4, -0.2) is 53.9 Å². The normalized spacial score (nSPS) is 21.6. The van der Waals surface area contributed by atoms with Crippen LogP contribution < -0.4 is 9.62 Å². The second-order valence-electron chi connectivity index (χ2n) is 6.63. The predicted molar refractivity (Wildman–Crippen MR) is 96.7 cm³/mol. The van der Waals surface area contributed by atoms with Gasteiger partial charge in [0.15, 0.2) is 0 Å². The van der Waals surface area contributed by atoms with E-state index in [1.54, 1.807) is 10.8 Å². The third-order valence-electron chi connectivity index (χ3n) is 5.15. The predicted octanol–water partition coefficient (Wildman–Crippen LogP) is 0.925. The lowest BCUT2D eigenvalue weighted by molar-refractivity contribution is 0.215. The van der Waals surface area contributed by atoms with Gasteiger partial charge < -0.3 is 14.6 Å². The number of nitrogens with zero attached hydrogens (tertiary/aromatic N) is 4. The van der Waals surface area contributed by atoms with E-state index in [0.29, 0.717) is 11.7 Å². The molecular formula is C16H25N5O3S. The number of rotatable bonds is 6. The van der Waals surface area contributed by atoms with Gasteiger partial charge in [0.25, 0.3) is 0 Å². The van der Waals surface area contributed by atoms with Gasteiger partial charge in [0.05, 0.1) is 11.1 Å². The molecule has 0 spiro atoms. The van der Waals surface area contributed by atoms with Crippen LogP contribution in [0.3, 0.4) is 0 Å². The minimum atomic E-state index is -3.15. The number of hydrogen-bond acceptors (Lipinski definition) is 6. The Labute approximate surface area is 147 Å². The average Bonchev–Trinajstić information content (AvgIpc) is 3.04. The van der Waals surface area contributed by atoms with Gasteiger partial charge in [-0.25, -0.2) is 23.1 Å². The third-order valence-corrected chi connectivity index (χ3v) is 6.68. The lowest BCUT2D eigenvalue weighted by Crippen LogP contribution is -2.37. The van der Waals surface area contributed by atoms with Crippen LogP contribution in [0.5, 0.6) is 0 Å². The summed E-state index contributed by atoms with van der Waals surface area (Å²) in [6.07, 6.45) is 6.98. The molecule has 0 bridgehead atoms. The van der Waals surface area contributed by atoms with Crippen molar-refractivity contribution in [3.63, 3.8) is 0 Å². The molecule has 1 fully saturated rings. The van der Waals surface area contributed by atoms with Gasteiger partial charge in [0.1, 0.15) is 24.5 Å². The zero-order chi connectivity index (χ0) is 18.0. The average molecular weight is 367 g/mol. The summed E-state index contributed by atoms with van der Waals surface area (Å²) in [6, 6.07) is 2.24. The minimum absolute atomic E-state index is 0.116. The lowest BCUT2D eigenvalue weighted by Gasteiger charge is -2.35. The molecule has 2 aromatic rings. The fourth-order valence-electron chi connectivity index (χ4n) is 3.65. The highest BCUT2D eigenvalue weighted by Crippen LogP contribution is 2.32. The molecule has 1 aliphatic rings. The van der Waals surface area contributed by atoms with E-state index in [-0.39, 0.29) is 18.4 Å². The van der Waals surface area contributed by atoms with Gasteiger partial charge in [-0.2, -0.15) is 0 Å². The number of sulfonamides is 1. The molecule has 9 heteroatoms. The Morgan fingerprint density at radius 1 is 1.32 bits per heavy atom. The first-order chi connectivity index (χ1) is 11.9. The van der Waals surface area contributed by atoms with Crippen LogP contribution in [-0.2, 0) is 16.8 Å². The summed E-state index contributed by atoms with van der Waals surface area (Å²) in [5.74, 6) is 1.27. The quantitative estimate of drug-likeness (QED) is 0.788. The Balaban J connectivity index is 1.71. The number of aliphatic hydroxyl groups is 1. The molecule has 0 radical (unpaired) electrons. The largest absolute Gasteiger partial charge is 0.376 e. The topological polar surface area (TPSA) is 100 Å². The molecule has 1 saturated carbocycles. The van der Waals surface area contributed by atoms with Crippen molar-refractivity contribution in [2.24, 2.45) is 5.92 Å². The molecule has 25 heavy (non-hydrogen) atoms. The standard InChI is InChI=1S/C16H25N5O3S/c1-17-25(23,24)9-12-3-5-13(6-4-12)20(2)15-14-7-8-21(11-22)16(14)19-10-18-15/h7-8,10,12-13,17,22H,3-6,9,11H2,1-2H3. The smallest absolute Gasteiger partial charge is 0.211 e. The first kappa shape index (κ1) is 18.1. The van der Waals surface area contributed by atoms with Gasteiger partial charge in [-0.3, -0.25) is 0 Å². The third kappa shape index (κ3) is 3.78. The van der Waals surface area contributed by atoms with Gasteiger partial charge in [-0.05, 0) is 44.7 Å². The molecule has 2 N–H and O–H groups in total. The van der Waals surface area contributed by atoms with E-state index < -0.39 is 10.0 Å². The van der Waals surface area contributed by atoms with Crippen molar-refractivity contribution in [1.82, 2.24) is 19.3 Å². The van der Waals surface area contributed by atoms with E-state index in [9.17, 15) is 13.5 Å². The number of anilines is 1. The van der Waals surface area contributed by atoms with Crippen molar-refractivity contribution >= 4 is 26.9 Å². The highest BCUT2D eigenvalue weighted by molar-refractivity contribution is 7.89. The zero-order valence-corrected chi connectivity index (χ0v) is 15.4. The molecule has 3 rings (SSSR count). The van der Waals surface area contributed by atoms with Crippen molar-refractivity contribution in [3.05, 3.63) is 18.6 Å². The van der Waals surface area contributed by atoms with Gasteiger partial charge in [-0.1, -0.05) is 0 Å². The molecule has 1 aliphatic carbocycles. The molecule has 2 heterocycles. The van der Waals surface area contributed by atoms with Crippen LogP contribution in [0.1, 0.15) is 25.7 Å². The summed E-state index contributed by atoms with van der Waals surface area (Å²) in [5, 5.41) is 10.3. The summed E-state index contributed by atoms with van der Waals surface area (Å²) in [6.45, 7) is -0.116. The fourth-order valence-corrected chi connectivity index (χ4v) is 4.77. The van der Waals surface area contributed by atoms with Crippen LogP contribution in [0, 0.1) is 5.92 Å². The van der Waals surface area contributed by atoms with Crippen molar-refractivity contribution < 1.29 is 13.5 Å². The Morgan fingerprint density at radius 3 is 2.68 bits per heavy atom. The first-order valence-corrected chi connectivity index (χ1v) is 10.1. The number of nitrogens with one attached hydrogen (secondary N) is 1. The zero-order valence-electron chi connectivity index (χ0n) is 14.6. The molecule has 0 atom stereocenters. The van der Waals surface area contributed by atoms with Crippen LogP contribution >= 0.6 is 0 Å². The first-order valence-electron chi connectivity index (χ1n) is 8.50. The number of fused-ring (bicyclic) bond motifs is 1. The SMILES string of the molecule is CNS(=O)(=O)CC1CCC(N(C)c2ncnc3c2ccn3CO)CC1. The maximum Gasteiger partial charge on any atom is 0.211 e.